The molecule has 0 aliphatic carbocycles. The summed E-state index contributed by atoms with van der Waals surface area (Å²) in [5.74, 6) is -0.567. The molecule has 1 aliphatic rings. The van der Waals surface area contributed by atoms with Crippen LogP contribution in [0.5, 0.6) is 0 Å². The highest BCUT2D eigenvalue weighted by molar-refractivity contribution is 6.74. The maximum atomic E-state index is 13.8. The third-order valence-corrected chi connectivity index (χ3v) is 22.9. The average Bonchev–Trinajstić information content (AvgIpc) is 3.59. The molecule has 3 rings (SSSR count). The zero-order valence-electron chi connectivity index (χ0n) is 46.0. The van der Waals surface area contributed by atoms with Gasteiger partial charge < -0.3 is 41.7 Å². The van der Waals surface area contributed by atoms with Crippen LogP contribution in [0.4, 0.5) is 0 Å². The van der Waals surface area contributed by atoms with Crippen molar-refractivity contribution in [3.8, 4) is 0 Å². The van der Waals surface area contributed by atoms with E-state index in [0.717, 1.165) is 0 Å². The van der Waals surface area contributed by atoms with Crippen LogP contribution in [0.15, 0.2) is 113 Å². The van der Waals surface area contributed by atoms with Crippen LogP contribution in [-0.4, -0.2) is 101 Å². The number of allylic oxidation sites excluding steroid dienone is 8. The zero-order chi connectivity index (χ0) is 53.4. The molecule has 7 atom stereocenters. The van der Waals surface area contributed by atoms with Gasteiger partial charge in [0.25, 0.3) is 0 Å². The highest BCUT2D eigenvalue weighted by Gasteiger charge is 2.47. The van der Waals surface area contributed by atoms with E-state index in [2.05, 4.69) is 111 Å². The number of aliphatic hydroxyl groups excluding tert-OH is 1. The van der Waals surface area contributed by atoms with E-state index < -0.39 is 51.6 Å². The van der Waals surface area contributed by atoms with E-state index in [1.54, 1.807) is 19.3 Å². The molecule has 2 aromatic rings. The van der Waals surface area contributed by atoms with E-state index in [1.807, 2.05) is 92.8 Å². The number of epoxide rings is 1. The SMILES string of the molecule is C/C=C/C(O[Si](C)(C)C(C)(C)C)C(C)(C)C(O)C/C=C\[C@H]1O[C@H]1/C=C/C=C\c1nc(C(=O)OC(C\C=C/C=C\C=C\C(Cc2nc(C(=O)OC)co2)OC)C(C)(C)C(/C=C/C)O[Si](C)(C)C(C)(C)C)co1. The molecule has 0 amide bonds. The van der Waals surface area contributed by atoms with Gasteiger partial charge in [0.05, 0.1) is 37.9 Å². The van der Waals surface area contributed by atoms with Crippen molar-refractivity contribution < 1.29 is 51.3 Å². The summed E-state index contributed by atoms with van der Waals surface area (Å²) in [5.41, 5.74) is -1.01. The first kappa shape index (κ1) is 60.8. The van der Waals surface area contributed by atoms with Crippen LogP contribution in [0.2, 0.25) is 36.3 Å². The molecule has 5 unspecified atom stereocenters. The number of rotatable bonds is 27. The average molecular weight is 1020 g/mol. The van der Waals surface area contributed by atoms with Crippen LogP contribution in [0.25, 0.3) is 6.08 Å². The Bertz CT molecular complexity index is 2240. The molecule has 0 aromatic carbocycles. The van der Waals surface area contributed by atoms with Crippen molar-refractivity contribution in [1.29, 1.82) is 0 Å². The minimum atomic E-state index is -2.25. The van der Waals surface area contributed by atoms with Crippen LogP contribution in [-0.2, 0) is 34.2 Å². The third kappa shape index (κ3) is 18.2. The van der Waals surface area contributed by atoms with Gasteiger partial charge in [-0.3, -0.25) is 0 Å². The van der Waals surface area contributed by atoms with E-state index in [-0.39, 0.29) is 57.9 Å². The Morgan fingerprint density at radius 2 is 1.25 bits per heavy atom. The van der Waals surface area contributed by atoms with Crippen molar-refractivity contribution >= 4 is 34.6 Å². The molecule has 1 fully saturated rings. The number of esters is 2. The number of ether oxygens (including phenoxy) is 4. The molecule has 1 N–H and O–H groups in total. The molecule has 13 nitrogen and oxygen atoms in total. The van der Waals surface area contributed by atoms with Gasteiger partial charge in [-0.2, -0.15) is 0 Å². The van der Waals surface area contributed by atoms with Gasteiger partial charge in [0.1, 0.15) is 30.8 Å². The number of hydrogen-bond acceptors (Lipinski definition) is 13. The Balaban J connectivity index is 1.68. The second-order valence-electron chi connectivity index (χ2n) is 22.3. The number of hydrogen-bond donors (Lipinski definition) is 1. The molecule has 71 heavy (non-hydrogen) atoms. The van der Waals surface area contributed by atoms with Gasteiger partial charge in [-0.05, 0) is 56.5 Å². The summed E-state index contributed by atoms with van der Waals surface area (Å²) >= 11 is 0. The van der Waals surface area contributed by atoms with Crippen LogP contribution in [0.3, 0.4) is 0 Å². The van der Waals surface area contributed by atoms with Gasteiger partial charge in [-0.1, -0.05) is 160 Å². The van der Waals surface area contributed by atoms with Gasteiger partial charge >= 0.3 is 11.9 Å². The van der Waals surface area contributed by atoms with Gasteiger partial charge in [0.15, 0.2) is 33.9 Å². The Labute approximate surface area is 427 Å². The largest absolute Gasteiger partial charge is 0.464 e. The molecule has 394 valence electrons. The molecule has 0 saturated carbocycles. The lowest BCUT2D eigenvalue weighted by atomic mass is 9.79. The first-order valence-electron chi connectivity index (χ1n) is 24.7. The standard InChI is InChI=1S/C56H86N2O11Si2/c1-19-29-47(68-70(15,16)53(3,4)5)55(9,10)45(59)34-28-33-44-43(66-44)32-26-27-36-49-57-42(39-64-49)52(61)67-46(56(11,12)48(30-20-2)69-71(17,18)54(6,7)8)35-25-23-21-22-24-31-40(62-13)37-50-58-41(38-65-50)51(60)63-14/h19-33,36,38-40,43-48,59H,34-35,37H2,1-18H3/b22-21-,25-23-,29-19+,30-20+,31-24+,32-26+,33-28-,36-27-/t40?,43-,44+,45?,46?,47?,48?/m0/s1. The van der Waals surface area contributed by atoms with Crippen molar-refractivity contribution in [2.24, 2.45) is 10.8 Å². The van der Waals surface area contributed by atoms with Crippen LogP contribution >= 0.6 is 0 Å². The Morgan fingerprint density at radius 3 is 1.83 bits per heavy atom. The van der Waals surface area contributed by atoms with E-state index >= 15 is 0 Å². The van der Waals surface area contributed by atoms with Gasteiger partial charge in [-0.25, -0.2) is 19.6 Å². The number of aliphatic hydroxyl groups is 1. The van der Waals surface area contributed by atoms with Gasteiger partial charge in [0.2, 0.25) is 5.89 Å². The lowest BCUT2D eigenvalue weighted by Crippen LogP contribution is -2.51. The first-order chi connectivity index (χ1) is 33.0. The van der Waals surface area contributed by atoms with E-state index in [1.165, 1.54) is 19.6 Å². The number of nitrogens with zero attached hydrogens (tertiary/aromatic N) is 2. The maximum Gasteiger partial charge on any atom is 0.360 e. The summed E-state index contributed by atoms with van der Waals surface area (Å²) in [5, 5.41) is 11.3. The maximum absolute atomic E-state index is 13.8. The summed E-state index contributed by atoms with van der Waals surface area (Å²) in [4.78, 5) is 34.2. The molecule has 0 spiro atoms. The predicted molar refractivity (Wildman–Crippen MR) is 288 cm³/mol. The lowest BCUT2D eigenvalue weighted by molar-refractivity contribution is -0.0420. The zero-order valence-corrected chi connectivity index (χ0v) is 48.0. The van der Waals surface area contributed by atoms with Crippen molar-refractivity contribution in [3.05, 3.63) is 127 Å². The fourth-order valence-corrected chi connectivity index (χ4v) is 9.49. The number of methoxy groups -OCH3 is 2. The summed E-state index contributed by atoms with van der Waals surface area (Å²) in [6, 6.07) is 0. The Morgan fingerprint density at radius 1 is 0.690 bits per heavy atom. The third-order valence-electron chi connectivity index (χ3n) is 14.0. The van der Waals surface area contributed by atoms with Crippen LogP contribution < -0.4 is 0 Å². The topological polar surface area (TPSA) is 165 Å². The van der Waals surface area contributed by atoms with E-state index in [9.17, 15) is 14.7 Å². The number of carbonyl (C=O) groups is 2. The van der Waals surface area contributed by atoms with Crippen LogP contribution in [0, 0.1) is 10.8 Å². The predicted octanol–water partition coefficient (Wildman–Crippen LogP) is 12.9. The van der Waals surface area contributed by atoms with Crippen LogP contribution in [0.1, 0.15) is 129 Å². The fraction of sp³-hybridized carbons (Fsp3) is 0.571. The second kappa shape index (κ2) is 26.5. The number of aromatic nitrogens is 2. The van der Waals surface area contributed by atoms with E-state index in [4.69, 9.17) is 36.6 Å². The summed E-state index contributed by atoms with van der Waals surface area (Å²) in [6.07, 6.45) is 32.1. The highest BCUT2D eigenvalue weighted by Crippen LogP contribution is 2.43. The summed E-state index contributed by atoms with van der Waals surface area (Å²) < 4.78 is 47.2. The molecule has 0 radical (unpaired) electrons. The molecule has 2 aromatic heterocycles. The normalized spacial score (nSPS) is 19.1. The fourth-order valence-electron chi connectivity index (χ4n) is 6.75. The molecule has 3 heterocycles. The molecule has 15 heteroatoms. The number of carbonyl (C=O) groups excluding carboxylic acids is 2. The molecular formula is C56H86N2O11Si2. The second-order valence-corrected chi connectivity index (χ2v) is 31.8. The van der Waals surface area contributed by atoms with Gasteiger partial charge in [-0.15, -0.1) is 0 Å². The van der Waals surface area contributed by atoms with Crippen molar-refractivity contribution in [3.63, 3.8) is 0 Å². The smallest absolute Gasteiger partial charge is 0.360 e. The molecular weight excluding hydrogens is 933 g/mol. The first-order valence-corrected chi connectivity index (χ1v) is 30.5. The van der Waals surface area contributed by atoms with Crippen molar-refractivity contribution in [2.75, 3.05) is 14.2 Å². The lowest BCUT2D eigenvalue weighted by Gasteiger charge is -2.45. The Kier molecular flexibility index (Phi) is 22.7. The Hall–Kier alpha value is -4.49. The van der Waals surface area contributed by atoms with E-state index in [0.29, 0.717) is 25.2 Å². The molecule has 1 saturated heterocycles. The number of oxazole rings is 2. The minimum Gasteiger partial charge on any atom is -0.464 e. The monoisotopic (exact) mass is 1020 g/mol. The van der Waals surface area contributed by atoms with Gasteiger partial charge in [0, 0.05) is 30.4 Å². The summed E-state index contributed by atoms with van der Waals surface area (Å²) in [6.45, 7) is 34.4. The van der Waals surface area contributed by atoms with Crippen molar-refractivity contribution in [2.45, 2.75) is 181 Å². The highest BCUT2D eigenvalue weighted by atomic mass is 28.4. The van der Waals surface area contributed by atoms with Crippen molar-refractivity contribution in [1.82, 2.24) is 9.97 Å². The molecule has 1 aliphatic heterocycles. The summed E-state index contributed by atoms with van der Waals surface area (Å²) in [7, 11) is -1.44. The quantitative estimate of drug-likeness (QED) is 0.0296. The molecule has 0 bridgehead atoms. The minimum absolute atomic E-state index is 0.0422.